The molecule has 1 fully saturated rings. The van der Waals surface area contributed by atoms with E-state index in [0.717, 1.165) is 59.5 Å². The Morgan fingerprint density at radius 3 is 2.63 bits per heavy atom. The smallest absolute Gasteiger partial charge is 0.141 e. The number of nitrogens with one attached hydrogen (secondary N) is 1. The van der Waals surface area contributed by atoms with E-state index in [1.54, 1.807) is 19.3 Å². The monoisotopic (exact) mass is 576 g/mol. The summed E-state index contributed by atoms with van der Waals surface area (Å²) in [6.45, 7) is 10.6. The lowest BCUT2D eigenvalue weighted by Gasteiger charge is -2.41. The molecule has 3 aromatic rings. The van der Waals surface area contributed by atoms with E-state index < -0.39 is 0 Å². The van der Waals surface area contributed by atoms with Crippen LogP contribution in [-0.2, 0) is 16.0 Å². The maximum absolute atomic E-state index is 13.6. The van der Waals surface area contributed by atoms with Crippen LogP contribution in [0.2, 0.25) is 0 Å². The second-order valence-electron chi connectivity index (χ2n) is 10.2. The maximum atomic E-state index is 13.6. The van der Waals surface area contributed by atoms with E-state index in [1.165, 1.54) is 17.7 Å². The van der Waals surface area contributed by atoms with Gasteiger partial charge in [-0.05, 0) is 79.8 Å². The van der Waals surface area contributed by atoms with E-state index in [0.29, 0.717) is 18.0 Å². The molecule has 0 spiro atoms. The summed E-state index contributed by atoms with van der Waals surface area (Å²) in [5.41, 5.74) is 6.32. The summed E-state index contributed by atoms with van der Waals surface area (Å²) in [6.07, 6.45) is 16.1. The molecule has 4 rings (SSSR count). The molecule has 2 aromatic heterocycles. The first-order valence-corrected chi connectivity index (χ1v) is 14.4. The number of hydrogen-bond donors (Lipinski definition) is 1. The van der Waals surface area contributed by atoms with Gasteiger partial charge >= 0.3 is 0 Å². The van der Waals surface area contributed by atoms with Crippen molar-refractivity contribution in [3.8, 4) is 11.1 Å². The van der Waals surface area contributed by atoms with Crippen LogP contribution in [0.25, 0.3) is 22.0 Å². The van der Waals surface area contributed by atoms with Crippen molar-refractivity contribution in [3.63, 3.8) is 0 Å². The molecule has 1 aromatic carbocycles. The Labute approximate surface area is 246 Å². The highest BCUT2D eigenvalue weighted by atomic mass is 35.5. The number of rotatable bonds is 13. The molecular weight excluding hydrogens is 539 g/mol. The summed E-state index contributed by atoms with van der Waals surface area (Å²) >= 11 is 6.01. The SMILES string of the molecule is C/C=C(F)\C=C(/CC)COC(/C=C\C(=C/C)Nc1ncnc2ccc(-c3ccn(CC4(CC)COC4)c3)cc12)=C\Cl. The Bertz CT molecular complexity index is 1490. The Morgan fingerprint density at radius 1 is 1.15 bits per heavy atom. The van der Waals surface area contributed by atoms with Crippen molar-refractivity contribution in [2.75, 3.05) is 25.1 Å². The molecule has 6 nitrogen and oxygen atoms in total. The van der Waals surface area contributed by atoms with Crippen molar-refractivity contribution in [3.05, 3.63) is 102 Å². The van der Waals surface area contributed by atoms with E-state index in [1.807, 2.05) is 32.1 Å². The predicted octanol–water partition coefficient (Wildman–Crippen LogP) is 8.70. The molecule has 1 aliphatic rings. The van der Waals surface area contributed by atoms with E-state index in [-0.39, 0.29) is 17.8 Å². The molecule has 0 unspecified atom stereocenters. The first kappa shape index (κ1) is 30.3. The van der Waals surface area contributed by atoms with Gasteiger partial charge in [-0.25, -0.2) is 14.4 Å². The average molecular weight is 577 g/mol. The van der Waals surface area contributed by atoms with Crippen molar-refractivity contribution >= 4 is 28.3 Å². The molecule has 0 atom stereocenters. The molecule has 1 saturated heterocycles. The zero-order valence-corrected chi connectivity index (χ0v) is 24.9. The Morgan fingerprint density at radius 2 is 1.98 bits per heavy atom. The third-order valence-corrected chi connectivity index (χ3v) is 7.62. The molecule has 0 bridgehead atoms. The third-order valence-electron chi connectivity index (χ3n) is 7.41. The molecule has 1 N–H and O–H groups in total. The minimum atomic E-state index is -0.288. The van der Waals surface area contributed by atoms with Gasteiger partial charge in [-0.3, -0.25) is 0 Å². The summed E-state index contributed by atoms with van der Waals surface area (Å²) < 4.78 is 27.2. The van der Waals surface area contributed by atoms with Crippen LogP contribution in [0.15, 0.2) is 102 Å². The van der Waals surface area contributed by atoms with Crippen LogP contribution in [0.3, 0.4) is 0 Å². The van der Waals surface area contributed by atoms with E-state index in [2.05, 4.69) is 57.4 Å². The summed E-state index contributed by atoms with van der Waals surface area (Å²) in [4.78, 5) is 9.00. The van der Waals surface area contributed by atoms with Gasteiger partial charge in [0.25, 0.3) is 0 Å². The average Bonchev–Trinajstić information content (AvgIpc) is 3.45. The normalized spacial score (nSPS) is 16.3. The summed E-state index contributed by atoms with van der Waals surface area (Å²) in [5, 5.41) is 4.32. The number of nitrogens with zero attached hydrogens (tertiary/aromatic N) is 3. The minimum Gasteiger partial charge on any atom is -0.488 e. The van der Waals surface area contributed by atoms with E-state index in [4.69, 9.17) is 21.1 Å². The molecule has 0 aliphatic carbocycles. The second-order valence-corrected chi connectivity index (χ2v) is 10.4. The topological polar surface area (TPSA) is 61.2 Å². The number of ether oxygens (including phenoxy) is 2. The van der Waals surface area contributed by atoms with Crippen LogP contribution in [0.4, 0.5) is 10.2 Å². The van der Waals surface area contributed by atoms with Gasteiger partial charge in [-0.15, -0.1) is 0 Å². The van der Waals surface area contributed by atoms with Crippen LogP contribution in [-0.4, -0.2) is 34.4 Å². The Balaban J connectivity index is 1.49. The van der Waals surface area contributed by atoms with Gasteiger partial charge in [0.05, 0.1) is 18.7 Å². The lowest BCUT2D eigenvalue weighted by Crippen LogP contribution is -2.45. The van der Waals surface area contributed by atoms with Crippen molar-refractivity contribution in [2.45, 2.75) is 47.1 Å². The fourth-order valence-corrected chi connectivity index (χ4v) is 4.70. The van der Waals surface area contributed by atoms with Gasteiger partial charge < -0.3 is 19.4 Å². The summed E-state index contributed by atoms with van der Waals surface area (Å²) in [7, 11) is 0. The number of fused-ring (bicyclic) bond motifs is 1. The highest BCUT2D eigenvalue weighted by molar-refractivity contribution is 6.25. The molecule has 1 aliphatic heterocycles. The van der Waals surface area contributed by atoms with Crippen LogP contribution in [0, 0.1) is 5.41 Å². The first-order chi connectivity index (χ1) is 19.9. The quantitative estimate of drug-likeness (QED) is 0.163. The van der Waals surface area contributed by atoms with E-state index in [9.17, 15) is 4.39 Å². The second kappa shape index (κ2) is 14.3. The van der Waals surface area contributed by atoms with Crippen molar-refractivity contribution in [2.24, 2.45) is 5.41 Å². The molecular formula is C33H38ClFN4O2. The van der Waals surface area contributed by atoms with Gasteiger partial charge in [0.15, 0.2) is 0 Å². The highest BCUT2D eigenvalue weighted by Crippen LogP contribution is 2.34. The molecule has 8 heteroatoms. The first-order valence-electron chi connectivity index (χ1n) is 14.0. The van der Waals surface area contributed by atoms with Crippen molar-refractivity contribution < 1.29 is 13.9 Å². The van der Waals surface area contributed by atoms with Crippen molar-refractivity contribution in [1.82, 2.24) is 14.5 Å². The molecule has 0 saturated carbocycles. The third kappa shape index (κ3) is 7.75. The minimum absolute atomic E-state index is 0.240. The van der Waals surface area contributed by atoms with E-state index >= 15 is 0 Å². The molecule has 3 heterocycles. The molecule has 216 valence electrons. The van der Waals surface area contributed by atoms with Crippen LogP contribution in [0.1, 0.15) is 40.5 Å². The van der Waals surface area contributed by atoms with Gasteiger partial charge in [0, 0.05) is 41.0 Å². The van der Waals surface area contributed by atoms with Crippen LogP contribution >= 0.6 is 11.6 Å². The van der Waals surface area contributed by atoms with Crippen LogP contribution < -0.4 is 5.32 Å². The number of benzene rings is 1. The fraction of sp³-hybridized carbons (Fsp3) is 0.333. The number of allylic oxidation sites excluding steroid dienone is 6. The highest BCUT2D eigenvalue weighted by Gasteiger charge is 2.36. The Hall–Kier alpha value is -3.68. The fourth-order valence-electron chi connectivity index (χ4n) is 4.57. The maximum Gasteiger partial charge on any atom is 0.141 e. The summed E-state index contributed by atoms with van der Waals surface area (Å²) in [5.74, 6) is 0.871. The zero-order chi connectivity index (χ0) is 29.2. The van der Waals surface area contributed by atoms with Crippen molar-refractivity contribution in [1.29, 1.82) is 0 Å². The zero-order valence-electron chi connectivity index (χ0n) is 24.2. The van der Waals surface area contributed by atoms with Gasteiger partial charge in [0.1, 0.15) is 30.3 Å². The lowest BCUT2D eigenvalue weighted by atomic mass is 9.83. The number of halogens is 2. The Kier molecular flexibility index (Phi) is 10.6. The number of hydrogen-bond acceptors (Lipinski definition) is 5. The standard InChI is InChI=1S/C33H38ClFN4O2/c1-5-24(15-27(35)6-2)19-41-29(17-34)11-10-28(7-3)38-32-30-16-25(9-12-31(30)36-23-37-32)26-13-14-39(18-26)20-33(8-4)21-40-22-33/h6-7,9-18,23H,5,8,19-22H2,1-4H3,(H,36,37,38)/b11-10-,24-15+,27-6+,28-7+,29-17-. The predicted molar refractivity (Wildman–Crippen MR) is 166 cm³/mol. The lowest BCUT2D eigenvalue weighted by molar-refractivity contribution is -0.123. The number of anilines is 1. The number of aromatic nitrogens is 3. The van der Waals surface area contributed by atoms with Gasteiger partial charge in [-0.1, -0.05) is 43.7 Å². The summed E-state index contributed by atoms with van der Waals surface area (Å²) in [6, 6.07) is 8.37. The van der Waals surface area contributed by atoms with Gasteiger partial charge in [-0.2, -0.15) is 0 Å². The van der Waals surface area contributed by atoms with Gasteiger partial charge in [0.2, 0.25) is 0 Å². The molecule has 0 radical (unpaired) electrons. The molecule has 41 heavy (non-hydrogen) atoms. The molecule has 0 amide bonds. The largest absolute Gasteiger partial charge is 0.488 e. The van der Waals surface area contributed by atoms with Crippen LogP contribution in [0.5, 0.6) is 0 Å².